The number of allylic oxidation sites excluding steroid dienone is 4. The summed E-state index contributed by atoms with van der Waals surface area (Å²) in [6.07, 6.45) is 10.3. The minimum atomic E-state index is -5.84. The molecule has 234 valence electrons. The Labute approximate surface area is 267 Å². The molecule has 4 aromatic rings. The second-order valence-corrected chi connectivity index (χ2v) is 65.0. The Morgan fingerprint density at radius 3 is 1.67 bits per heavy atom. The Morgan fingerprint density at radius 1 is 0.689 bits per heavy atom. The van der Waals surface area contributed by atoms with Crippen LogP contribution < -0.4 is 3.32 Å². The van der Waals surface area contributed by atoms with Gasteiger partial charge in [0.05, 0.1) is 0 Å². The molecule has 0 saturated heterocycles. The van der Waals surface area contributed by atoms with E-state index in [0.29, 0.717) is 0 Å². The summed E-state index contributed by atoms with van der Waals surface area (Å²) in [7, 11) is 0. The van der Waals surface area contributed by atoms with Crippen molar-refractivity contribution in [3.63, 3.8) is 0 Å². The molecule has 1 heteroatoms. The van der Waals surface area contributed by atoms with Crippen molar-refractivity contribution >= 4 is 7.58 Å². The Kier molecular flexibility index (Phi) is 6.82. The number of hydrogen-bond donors (Lipinski definition) is 0. The Bertz CT molecular complexity index is 1910. The van der Waals surface area contributed by atoms with E-state index in [1.807, 2.05) is 0 Å². The van der Waals surface area contributed by atoms with Crippen LogP contribution in [0.15, 0.2) is 119 Å². The van der Waals surface area contributed by atoms with E-state index in [2.05, 4.69) is 166 Å². The van der Waals surface area contributed by atoms with Crippen LogP contribution in [0.4, 0.5) is 0 Å². The Morgan fingerprint density at radius 2 is 1.20 bits per heavy atom. The molecule has 0 fully saturated rings. The van der Waals surface area contributed by atoms with Crippen molar-refractivity contribution in [3.05, 3.63) is 146 Å². The summed E-state index contributed by atoms with van der Waals surface area (Å²) in [5.41, 5.74) is 10.1. The van der Waals surface area contributed by atoms with Gasteiger partial charge in [0.1, 0.15) is 0 Å². The van der Waals surface area contributed by atoms with Crippen molar-refractivity contribution in [1.29, 1.82) is 0 Å². The Hall–Kier alpha value is -2.90. The topological polar surface area (TPSA) is 0 Å². The van der Waals surface area contributed by atoms with Crippen LogP contribution in [0.25, 0.3) is 11.1 Å². The third-order valence-electron chi connectivity index (χ3n) is 12.9. The number of fused-ring (bicyclic) bond motifs is 3. The quantitative estimate of drug-likeness (QED) is 0.165. The number of rotatable bonds is 7. The zero-order valence-electron chi connectivity index (χ0n) is 29.1. The van der Waals surface area contributed by atoms with E-state index in [1.54, 1.807) is 3.33 Å². The molecule has 6 rings (SSSR count). The molecule has 0 saturated carbocycles. The molecule has 0 N–H and O–H groups in total. The van der Waals surface area contributed by atoms with Gasteiger partial charge in [0.15, 0.2) is 0 Å². The third-order valence-corrected chi connectivity index (χ3v) is 55.4. The SMILES string of the molecule is [CH2]=[Hf]([CH3])([CH3])([CH2]CCc1ccccc1)([C]1=CC=CC1)([c]1ccccc1)[CH]1c2cc(C(C)(C)C)ccc2-c2ccc(C(C)(C)C)cc21. The zero-order chi connectivity index (χ0) is 32.4. The van der Waals surface area contributed by atoms with Gasteiger partial charge in [-0.05, 0) is 0 Å². The van der Waals surface area contributed by atoms with Gasteiger partial charge in [-0.15, -0.1) is 0 Å². The molecule has 0 aliphatic heterocycles. The molecule has 2 aliphatic rings. The summed E-state index contributed by atoms with van der Waals surface area (Å²) in [6, 6.07) is 37.5. The monoisotopic (exact) mass is 762 g/mol. The molecule has 0 atom stereocenters. The molecule has 0 unspecified atom stereocenters. The summed E-state index contributed by atoms with van der Waals surface area (Å²) in [5, 5.41) is 0. The van der Waals surface area contributed by atoms with E-state index in [4.69, 9.17) is 4.26 Å². The predicted octanol–water partition coefficient (Wildman–Crippen LogP) is 11.9. The zero-order valence-corrected chi connectivity index (χ0v) is 32.7. The fourth-order valence-electron chi connectivity index (χ4n) is 9.72. The number of aryl methyl sites for hydroxylation is 1. The van der Waals surface area contributed by atoms with Gasteiger partial charge >= 0.3 is 269 Å². The fourth-order valence-corrected chi connectivity index (χ4v) is 47.3. The standard InChI is InChI=1S/C21H25.C9H11.C6H5.C5H5.2CH3.CH2.Hf/c1-20(2,3)16-7-9-18-14(12-16)11-15-13-17(21(4,5)6)8-10-19(15)18;1-2-6-9-7-4-3-5-8-9;1-2-4-6-5-3-1;1-2-4-5-3-1;;;;/h7-13H,1-6H3;3-5,7-8H,1-2,6H2;1-5H;1-3H,4H2;2*1H3;1H2;. The second kappa shape index (κ2) is 9.57. The van der Waals surface area contributed by atoms with Crippen LogP contribution in [0, 0.1) is 0 Å². The van der Waals surface area contributed by atoms with Gasteiger partial charge in [0.25, 0.3) is 0 Å². The molecule has 0 amide bonds. The first-order valence-corrected chi connectivity index (χ1v) is 35.1. The average Bonchev–Trinajstić information content (AvgIpc) is 3.66. The summed E-state index contributed by atoms with van der Waals surface area (Å²) >= 11 is -5.84. The van der Waals surface area contributed by atoms with Gasteiger partial charge in [0.2, 0.25) is 0 Å². The van der Waals surface area contributed by atoms with Crippen molar-refractivity contribution in [2.24, 2.45) is 0 Å². The summed E-state index contributed by atoms with van der Waals surface area (Å²) in [6.45, 7) is 14.1. The van der Waals surface area contributed by atoms with Crippen molar-refractivity contribution in [1.82, 2.24) is 0 Å². The van der Waals surface area contributed by atoms with E-state index >= 15 is 0 Å². The summed E-state index contributed by atoms with van der Waals surface area (Å²) in [5.74, 6) is 0. The number of benzene rings is 4. The van der Waals surface area contributed by atoms with Crippen LogP contribution in [-0.4, -0.2) is 4.26 Å². The van der Waals surface area contributed by atoms with Crippen molar-refractivity contribution in [3.8, 4) is 11.1 Å². The summed E-state index contributed by atoms with van der Waals surface area (Å²) in [4.78, 5) is 0. The molecule has 0 heterocycles. The van der Waals surface area contributed by atoms with E-state index in [-0.39, 0.29) is 14.5 Å². The summed E-state index contributed by atoms with van der Waals surface area (Å²) < 4.78 is 15.8. The average molecular weight is 761 g/mol. The maximum atomic E-state index is 6.00. The van der Waals surface area contributed by atoms with E-state index in [1.165, 1.54) is 42.3 Å². The Balaban J connectivity index is 1.77. The second-order valence-electron chi connectivity index (χ2n) is 18.8. The van der Waals surface area contributed by atoms with Crippen LogP contribution in [0.3, 0.4) is 0 Å². The van der Waals surface area contributed by atoms with Crippen molar-refractivity contribution < 1.29 is 15.1 Å². The van der Waals surface area contributed by atoms with Gasteiger partial charge in [-0.1, -0.05) is 0 Å². The van der Waals surface area contributed by atoms with Crippen LogP contribution in [-0.2, 0) is 32.3 Å². The predicted molar refractivity (Wildman–Crippen MR) is 197 cm³/mol. The molecule has 0 bridgehead atoms. The molecular formula is C44H54Hf. The fraction of sp³-hybridized carbons (Fsp3) is 0.341. The van der Waals surface area contributed by atoms with E-state index in [9.17, 15) is 0 Å². The van der Waals surface area contributed by atoms with Gasteiger partial charge in [-0.2, -0.15) is 0 Å². The molecule has 4 aromatic carbocycles. The van der Waals surface area contributed by atoms with Crippen LogP contribution in [0.2, 0.25) is 13.5 Å². The first-order chi connectivity index (χ1) is 20.9. The van der Waals surface area contributed by atoms with Gasteiger partial charge in [0, 0.05) is 0 Å². The molecule has 0 aromatic heterocycles. The van der Waals surface area contributed by atoms with E-state index < -0.39 is 15.1 Å². The van der Waals surface area contributed by atoms with Gasteiger partial charge in [-0.25, -0.2) is 0 Å². The minimum absolute atomic E-state index is 0.0478. The molecule has 0 nitrogen and oxygen atoms in total. The molecule has 45 heavy (non-hydrogen) atoms. The van der Waals surface area contributed by atoms with E-state index in [0.717, 1.165) is 23.4 Å². The van der Waals surface area contributed by atoms with Crippen molar-refractivity contribution in [2.75, 3.05) is 0 Å². The van der Waals surface area contributed by atoms with Crippen molar-refractivity contribution in [2.45, 2.75) is 88.8 Å². The molecule has 0 spiro atoms. The van der Waals surface area contributed by atoms with Gasteiger partial charge in [-0.3, -0.25) is 0 Å². The van der Waals surface area contributed by atoms with Gasteiger partial charge < -0.3 is 0 Å². The normalized spacial score (nSPS) is 17.5. The van der Waals surface area contributed by atoms with Crippen LogP contribution >= 0.6 is 0 Å². The maximum absolute atomic E-state index is 6.00. The van der Waals surface area contributed by atoms with Crippen LogP contribution in [0.1, 0.15) is 85.9 Å². The first-order valence-electron chi connectivity index (χ1n) is 17.2. The van der Waals surface area contributed by atoms with Crippen LogP contribution in [0.5, 0.6) is 0 Å². The molecule has 0 radical (unpaired) electrons. The first kappa shape index (κ1) is 32.1. The number of hydrogen-bond acceptors (Lipinski definition) is 0. The molecular weight excluding hydrogens is 707 g/mol. The molecule has 2 aliphatic carbocycles. The third kappa shape index (κ3) is 4.66.